The second kappa shape index (κ2) is 4.82. The fourth-order valence-corrected chi connectivity index (χ4v) is 1.54. The van der Waals surface area contributed by atoms with Gasteiger partial charge in [0.05, 0.1) is 14.2 Å². The van der Waals surface area contributed by atoms with Gasteiger partial charge in [0.2, 0.25) is 11.8 Å². The smallest absolute Gasteiger partial charge is 0.224 e. The number of rotatable bonds is 3. The molecule has 0 atom stereocenters. The van der Waals surface area contributed by atoms with Crippen molar-refractivity contribution in [2.75, 3.05) is 14.2 Å². The van der Waals surface area contributed by atoms with Crippen LogP contribution in [0.4, 0.5) is 0 Å². The van der Waals surface area contributed by atoms with Crippen molar-refractivity contribution in [3.63, 3.8) is 0 Å². The van der Waals surface area contributed by atoms with Crippen LogP contribution in [0.2, 0.25) is 0 Å². The van der Waals surface area contributed by atoms with Crippen LogP contribution in [-0.2, 0) is 0 Å². The highest BCUT2D eigenvalue weighted by atomic mass is 16.5. The lowest BCUT2D eigenvalue weighted by molar-refractivity contribution is 0.366. The van der Waals surface area contributed by atoms with E-state index in [1.54, 1.807) is 26.5 Å². The minimum atomic E-state index is 0.533. The van der Waals surface area contributed by atoms with Gasteiger partial charge in [0, 0.05) is 29.1 Å². The van der Waals surface area contributed by atoms with Crippen LogP contribution in [0.1, 0.15) is 5.69 Å². The zero-order valence-electron chi connectivity index (χ0n) is 10.1. The minimum absolute atomic E-state index is 0.533. The molecule has 0 radical (unpaired) electrons. The van der Waals surface area contributed by atoms with Gasteiger partial charge in [-0.3, -0.25) is 4.98 Å². The third-order valence-corrected chi connectivity index (χ3v) is 2.46. The highest BCUT2D eigenvalue weighted by molar-refractivity contribution is 5.68. The van der Waals surface area contributed by atoms with Crippen LogP contribution in [0.15, 0.2) is 30.5 Å². The van der Waals surface area contributed by atoms with Gasteiger partial charge in [0.25, 0.3) is 0 Å². The molecule has 2 heterocycles. The zero-order valence-corrected chi connectivity index (χ0v) is 10.1. The van der Waals surface area contributed by atoms with Gasteiger partial charge in [-0.05, 0) is 19.1 Å². The SMILES string of the molecule is COc1ccc(-c2ccc(C)nc2)c(OC)n1. The van der Waals surface area contributed by atoms with Crippen LogP contribution in [0.3, 0.4) is 0 Å². The van der Waals surface area contributed by atoms with E-state index < -0.39 is 0 Å². The molecule has 0 amide bonds. The molecule has 0 aromatic carbocycles. The second-order valence-corrected chi connectivity index (χ2v) is 3.60. The molecule has 17 heavy (non-hydrogen) atoms. The van der Waals surface area contributed by atoms with Crippen molar-refractivity contribution in [2.24, 2.45) is 0 Å². The van der Waals surface area contributed by atoms with Crippen molar-refractivity contribution < 1.29 is 9.47 Å². The number of pyridine rings is 2. The Morgan fingerprint density at radius 1 is 1.00 bits per heavy atom. The van der Waals surface area contributed by atoms with E-state index >= 15 is 0 Å². The van der Waals surface area contributed by atoms with Crippen LogP contribution in [0.5, 0.6) is 11.8 Å². The Labute approximate surface area is 100 Å². The van der Waals surface area contributed by atoms with E-state index in [1.807, 2.05) is 25.1 Å². The largest absolute Gasteiger partial charge is 0.481 e. The molecule has 2 rings (SSSR count). The number of ether oxygens (including phenoxy) is 2. The van der Waals surface area contributed by atoms with Gasteiger partial charge >= 0.3 is 0 Å². The molecular weight excluding hydrogens is 216 g/mol. The summed E-state index contributed by atoms with van der Waals surface area (Å²) in [7, 11) is 3.17. The average molecular weight is 230 g/mol. The number of hydrogen-bond acceptors (Lipinski definition) is 4. The summed E-state index contributed by atoms with van der Waals surface area (Å²) in [5.41, 5.74) is 2.86. The Hall–Kier alpha value is -2.10. The maximum Gasteiger partial charge on any atom is 0.224 e. The number of nitrogens with zero attached hydrogens (tertiary/aromatic N) is 2. The molecule has 0 aliphatic rings. The lowest BCUT2D eigenvalue weighted by Gasteiger charge is -2.08. The first-order valence-electron chi connectivity index (χ1n) is 5.26. The Morgan fingerprint density at radius 3 is 2.41 bits per heavy atom. The minimum Gasteiger partial charge on any atom is -0.481 e. The maximum absolute atomic E-state index is 5.25. The van der Waals surface area contributed by atoms with E-state index in [-0.39, 0.29) is 0 Å². The molecule has 0 N–H and O–H groups in total. The summed E-state index contributed by atoms with van der Waals surface area (Å²) in [6.07, 6.45) is 1.81. The van der Waals surface area contributed by atoms with Gasteiger partial charge in [-0.2, -0.15) is 4.98 Å². The summed E-state index contributed by atoms with van der Waals surface area (Å²) in [4.78, 5) is 8.50. The van der Waals surface area contributed by atoms with E-state index in [0.29, 0.717) is 11.8 Å². The van der Waals surface area contributed by atoms with Gasteiger partial charge in [-0.25, -0.2) is 0 Å². The Kier molecular flexibility index (Phi) is 3.23. The second-order valence-electron chi connectivity index (χ2n) is 3.60. The molecule has 0 aliphatic heterocycles. The van der Waals surface area contributed by atoms with E-state index in [1.165, 1.54) is 0 Å². The standard InChI is InChI=1S/C13H14N2O2/c1-9-4-5-10(8-14-9)11-6-7-12(16-2)15-13(11)17-3/h4-8H,1-3H3. The lowest BCUT2D eigenvalue weighted by atomic mass is 10.1. The number of methoxy groups -OCH3 is 2. The molecule has 88 valence electrons. The molecule has 0 fully saturated rings. The summed E-state index contributed by atoms with van der Waals surface area (Å²) < 4.78 is 10.3. The van der Waals surface area contributed by atoms with E-state index in [0.717, 1.165) is 16.8 Å². The number of aromatic nitrogens is 2. The molecule has 0 unspecified atom stereocenters. The number of aryl methyl sites for hydroxylation is 1. The first-order chi connectivity index (χ1) is 8.24. The Balaban J connectivity index is 2.47. The van der Waals surface area contributed by atoms with Crippen molar-refractivity contribution in [3.8, 4) is 22.9 Å². The highest BCUT2D eigenvalue weighted by Crippen LogP contribution is 2.29. The third kappa shape index (κ3) is 2.36. The zero-order chi connectivity index (χ0) is 12.3. The van der Waals surface area contributed by atoms with E-state index in [4.69, 9.17) is 9.47 Å². The quantitative estimate of drug-likeness (QED) is 0.812. The first-order valence-corrected chi connectivity index (χ1v) is 5.26. The van der Waals surface area contributed by atoms with Gasteiger partial charge in [0.1, 0.15) is 0 Å². The summed E-state index contributed by atoms with van der Waals surface area (Å²) in [5, 5.41) is 0. The predicted octanol–water partition coefficient (Wildman–Crippen LogP) is 2.47. The fourth-order valence-electron chi connectivity index (χ4n) is 1.54. The molecule has 2 aromatic rings. The summed E-state index contributed by atoms with van der Waals surface area (Å²) in [5.74, 6) is 1.07. The Morgan fingerprint density at radius 2 is 1.82 bits per heavy atom. The van der Waals surface area contributed by atoms with Crippen molar-refractivity contribution in [1.29, 1.82) is 0 Å². The predicted molar refractivity (Wildman–Crippen MR) is 65.3 cm³/mol. The van der Waals surface area contributed by atoms with Crippen molar-refractivity contribution in [2.45, 2.75) is 6.92 Å². The molecule has 0 bridgehead atoms. The topological polar surface area (TPSA) is 44.2 Å². The summed E-state index contributed by atoms with van der Waals surface area (Å²) in [6.45, 7) is 1.95. The molecular formula is C13H14N2O2. The maximum atomic E-state index is 5.25. The monoisotopic (exact) mass is 230 g/mol. The molecule has 0 saturated heterocycles. The van der Waals surface area contributed by atoms with Crippen LogP contribution in [0, 0.1) is 6.92 Å². The normalized spacial score (nSPS) is 10.1. The molecule has 4 nitrogen and oxygen atoms in total. The lowest BCUT2D eigenvalue weighted by Crippen LogP contribution is -1.95. The Bertz CT molecular complexity index is 509. The molecule has 4 heteroatoms. The molecule has 0 saturated carbocycles. The first kappa shape index (κ1) is 11.4. The van der Waals surface area contributed by atoms with Crippen LogP contribution < -0.4 is 9.47 Å². The molecule has 0 aliphatic carbocycles. The van der Waals surface area contributed by atoms with Gasteiger partial charge in [0.15, 0.2) is 0 Å². The van der Waals surface area contributed by atoms with Gasteiger partial charge in [-0.1, -0.05) is 6.07 Å². The highest BCUT2D eigenvalue weighted by Gasteiger charge is 2.09. The summed E-state index contributed by atoms with van der Waals surface area (Å²) >= 11 is 0. The van der Waals surface area contributed by atoms with E-state index in [2.05, 4.69) is 9.97 Å². The average Bonchev–Trinajstić information content (AvgIpc) is 2.39. The van der Waals surface area contributed by atoms with Crippen LogP contribution in [0.25, 0.3) is 11.1 Å². The van der Waals surface area contributed by atoms with Gasteiger partial charge in [-0.15, -0.1) is 0 Å². The van der Waals surface area contributed by atoms with Crippen molar-refractivity contribution >= 4 is 0 Å². The fraction of sp³-hybridized carbons (Fsp3) is 0.231. The molecule has 2 aromatic heterocycles. The third-order valence-electron chi connectivity index (χ3n) is 2.46. The van der Waals surface area contributed by atoms with E-state index in [9.17, 15) is 0 Å². The van der Waals surface area contributed by atoms with Crippen LogP contribution >= 0.6 is 0 Å². The number of hydrogen-bond donors (Lipinski definition) is 0. The van der Waals surface area contributed by atoms with Crippen molar-refractivity contribution in [1.82, 2.24) is 9.97 Å². The summed E-state index contributed by atoms with van der Waals surface area (Å²) in [6, 6.07) is 7.67. The van der Waals surface area contributed by atoms with Gasteiger partial charge < -0.3 is 9.47 Å². The van der Waals surface area contributed by atoms with Crippen molar-refractivity contribution in [3.05, 3.63) is 36.2 Å². The molecule has 0 spiro atoms. The van der Waals surface area contributed by atoms with Crippen LogP contribution in [-0.4, -0.2) is 24.2 Å².